The largest absolute Gasteiger partial charge is 0.351 e. The van der Waals surface area contributed by atoms with E-state index >= 15 is 0 Å². The van der Waals surface area contributed by atoms with Crippen molar-refractivity contribution in [1.29, 1.82) is 0 Å². The molecule has 0 aliphatic heterocycles. The minimum absolute atomic E-state index is 0.0343. The van der Waals surface area contributed by atoms with Crippen molar-refractivity contribution in [3.8, 4) is 11.8 Å². The van der Waals surface area contributed by atoms with E-state index in [1.165, 1.54) is 0 Å². The first-order valence-electron chi connectivity index (χ1n) is 4.98. The summed E-state index contributed by atoms with van der Waals surface area (Å²) in [6.45, 7) is 4.40. The third-order valence-electron chi connectivity index (χ3n) is 2.03. The van der Waals surface area contributed by atoms with Gasteiger partial charge in [-0.05, 0) is 26.0 Å². The van der Waals surface area contributed by atoms with Crippen molar-refractivity contribution in [2.45, 2.75) is 20.3 Å². The number of carbonyl (C=O) groups excluding carboxylic acids is 1. The highest BCUT2D eigenvalue weighted by Crippen LogP contribution is 2.02. The van der Waals surface area contributed by atoms with Gasteiger partial charge in [-0.1, -0.05) is 17.7 Å². The van der Waals surface area contributed by atoms with E-state index in [-0.39, 0.29) is 5.91 Å². The lowest BCUT2D eigenvalue weighted by Crippen LogP contribution is -2.24. The average molecular weight is 201 g/mol. The molecule has 0 bridgehead atoms. The molecule has 2 heteroatoms. The molecule has 1 rings (SSSR count). The van der Waals surface area contributed by atoms with Crippen LogP contribution >= 0.6 is 0 Å². The summed E-state index contributed by atoms with van der Waals surface area (Å²) >= 11 is 0. The first kappa shape index (κ1) is 11.3. The van der Waals surface area contributed by atoms with Gasteiger partial charge < -0.3 is 5.32 Å². The number of carbonyl (C=O) groups is 1. The molecule has 0 aromatic heterocycles. The molecule has 15 heavy (non-hydrogen) atoms. The second-order valence-corrected chi connectivity index (χ2v) is 3.30. The minimum atomic E-state index is -0.0343. The highest BCUT2D eigenvalue weighted by Gasteiger charge is 2.02. The molecule has 2 nitrogen and oxygen atoms in total. The van der Waals surface area contributed by atoms with Crippen LogP contribution in [0.15, 0.2) is 24.3 Å². The second kappa shape index (κ2) is 5.87. The molecule has 1 aromatic carbocycles. The molecule has 0 aliphatic rings. The van der Waals surface area contributed by atoms with E-state index in [9.17, 15) is 4.79 Å². The van der Waals surface area contributed by atoms with Crippen LogP contribution in [0.25, 0.3) is 0 Å². The van der Waals surface area contributed by atoms with Gasteiger partial charge in [0.05, 0.1) is 0 Å². The Hall–Kier alpha value is -1.75. The molecule has 0 unspecified atom stereocenters. The predicted octanol–water partition coefficient (Wildman–Crippen LogP) is 2.14. The molecule has 0 saturated heterocycles. The van der Waals surface area contributed by atoms with Crippen LogP contribution in [0.3, 0.4) is 0 Å². The quantitative estimate of drug-likeness (QED) is 0.589. The Morgan fingerprint density at radius 2 is 2.00 bits per heavy atom. The van der Waals surface area contributed by atoms with Crippen LogP contribution in [-0.2, 0) is 0 Å². The van der Waals surface area contributed by atoms with Gasteiger partial charge in [0.15, 0.2) is 0 Å². The Labute approximate surface area is 90.7 Å². The van der Waals surface area contributed by atoms with E-state index in [0.29, 0.717) is 18.5 Å². The van der Waals surface area contributed by atoms with Gasteiger partial charge in [0.2, 0.25) is 0 Å². The van der Waals surface area contributed by atoms with E-state index in [4.69, 9.17) is 0 Å². The van der Waals surface area contributed by atoms with E-state index in [2.05, 4.69) is 17.2 Å². The Kier molecular flexibility index (Phi) is 4.43. The number of aryl methyl sites for hydroxylation is 1. The standard InChI is InChI=1S/C13H15NO/c1-3-4-5-10-14-13(15)12-8-6-11(2)7-9-12/h6-9H,5,10H2,1-2H3,(H,14,15). The Balaban J connectivity index is 2.46. The first-order chi connectivity index (χ1) is 7.24. The summed E-state index contributed by atoms with van der Waals surface area (Å²) in [5.74, 6) is 5.65. The Morgan fingerprint density at radius 3 is 2.60 bits per heavy atom. The van der Waals surface area contributed by atoms with Crippen molar-refractivity contribution < 1.29 is 4.79 Å². The van der Waals surface area contributed by atoms with Gasteiger partial charge in [0, 0.05) is 18.5 Å². The van der Waals surface area contributed by atoms with Crippen molar-refractivity contribution in [2.24, 2.45) is 0 Å². The summed E-state index contributed by atoms with van der Waals surface area (Å²) in [5, 5.41) is 2.81. The Bertz CT molecular complexity index is 381. The fourth-order valence-corrected chi connectivity index (χ4v) is 1.17. The third-order valence-corrected chi connectivity index (χ3v) is 2.03. The maximum absolute atomic E-state index is 11.6. The summed E-state index contributed by atoms with van der Waals surface area (Å²) in [7, 11) is 0. The molecule has 78 valence electrons. The molecule has 0 radical (unpaired) electrons. The van der Waals surface area contributed by atoms with Crippen LogP contribution in [-0.4, -0.2) is 12.5 Å². The van der Waals surface area contributed by atoms with Gasteiger partial charge >= 0.3 is 0 Å². The fraction of sp³-hybridized carbons (Fsp3) is 0.308. The van der Waals surface area contributed by atoms with Crippen molar-refractivity contribution in [2.75, 3.05) is 6.54 Å². The number of hydrogen-bond acceptors (Lipinski definition) is 1. The maximum atomic E-state index is 11.6. The number of amides is 1. The lowest BCUT2D eigenvalue weighted by molar-refractivity contribution is 0.0954. The number of hydrogen-bond donors (Lipinski definition) is 1. The molecule has 0 atom stereocenters. The van der Waals surface area contributed by atoms with E-state index in [0.717, 1.165) is 5.56 Å². The van der Waals surface area contributed by atoms with E-state index in [1.54, 1.807) is 6.92 Å². The van der Waals surface area contributed by atoms with Crippen molar-refractivity contribution in [3.63, 3.8) is 0 Å². The van der Waals surface area contributed by atoms with Gasteiger partial charge in [-0.2, -0.15) is 0 Å². The molecule has 0 spiro atoms. The second-order valence-electron chi connectivity index (χ2n) is 3.30. The molecular formula is C13H15NO. The molecule has 1 aromatic rings. The summed E-state index contributed by atoms with van der Waals surface area (Å²) < 4.78 is 0. The zero-order valence-electron chi connectivity index (χ0n) is 9.13. The van der Waals surface area contributed by atoms with Crippen LogP contribution < -0.4 is 5.32 Å². The van der Waals surface area contributed by atoms with Gasteiger partial charge in [0.25, 0.3) is 5.91 Å². The van der Waals surface area contributed by atoms with Crippen molar-refractivity contribution >= 4 is 5.91 Å². The zero-order chi connectivity index (χ0) is 11.1. The first-order valence-corrected chi connectivity index (χ1v) is 4.98. The number of nitrogens with one attached hydrogen (secondary N) is 1. The third kappa shape index (κ3) is 3.86. The summed E-state index contributed by atoms with van der Waals surface area (Å²) in [6, 6.07) is 7.52. The smallest absolute Gasteiger partial charge is 0.251 e. The lowest BCUT2D eigenvalue weighted by Gasteiger charge is -2.02. The average Bonchev–Trinajstić information content (AvgIpc) is 2.25. The highest BCUT2D eigenvalue weighted by molar-refractivity contribution is 5.94. The molecule has 1 amide bonds. The highest BCUT2D eigenvalue weighted by atomic mass is 16.1. The molecule has 0 saturated carbocycles. The Morgan fingerprint density at radius 1 is 1.33 bits per heavy atom. The van der Waals surface area contributed by atoms with Gasteiger partial charge in [-0.15, -0.1) is 11.8 Å². The minimum Gasteiger partial charge on any atom is -0.351 e. The van der Waals surface area contributed by atoms with E-state index < -0.39 is 0 Å². The van der Waals surface area contributed by atoms with Gasteiger partial charge in [-0.3, -0.25) is 4.79 Å². The fourth-order valence-electron chi connectivity index (χ4n) is 1.17. The van der Waals surface area contributed by atoms with Crippen LogP contribution in [0, 0.1) is 18.8 Å². The molecule has 0 aliphatic carbocycles. The van der Waals surface area contributed by atoms with Crippen LogP contribution in [0.4, 0.5) is 0 Å². The summed E-state index contributed by atoms with van der Waals surface area (Å²) in [4.78, 5) is 11.6. The molecule has 0 fully saturated rings. The maximum Gasteiger partial charge on any atom is 0.251 e. The van der Waals surface area contributed by atoms with Gasteiger partial charge in [0.1, 0.15) is 0 Å². The lowest BCUT2D eigenvalue weighted by atomic mass is 10.1. The van der Waals surface area contributed by atoms with Gasteiger partial charge in [-0.25, -0.2) is 0 Å². The number of rotatable bonds is 3. The van der Waals surface area contributed by atoms with Crippen molar-refractivity contribution in [1.82, 2.24) is 5.32 Å². The molecule has 1 N–H and O–H groups in total. The van der Waals surface area contributed by atoms with Crippen LogP contribution in [0.1, 0.15) is 29.3 Å². The van der Waals surface area contributed by atoms with Crippen molar-refractivity contribution in [3.05, 3.63) is 35.4 Å². The molecule has 0 heterocycles. The monoisotopic (exact) mass is 201 g/mol. The topological polar surface area (TPSA) is 29.1 Å². The predicted molar refractivity (Wildman–Crippen MR) is 61.6 cm³/mol. The summed E-state index contributed by atoms with van der Waals surface area (Å²) in [5.41, 5.74) is 1.86. The zero-order valence-corrected chi connectivity index (χ0v) is 9.13. The number of benzene rings is 1. The summed E-state index contributed by atoms with van der Waals surface area (Å²) in [6.07, 6.45) is 0.702. The SMILES string of the molecule is CC#CCCNC(=O)c1ccc(C)cc1. The van der Waals surface area contributed by atoms with Crippen LogP contribution in [0.5, 0.6) is 0 Å². The van der Waals surface area contributed by atoms with Crippen LogP contribution in [0.2, 0.25) is 0 Å². The van der Waals surface area contributed by atoms with E-state index in [1.807, 2.05) is 31.2 Å². The molecular weight excluding hydrogens is 186 g/mol. The normalized spacial score (nSPS) is 8.93.